The summed E-state index contributed by atoms with van der Waals surface area (Å²) in [6.45, 7) is 0.539. The molecule has 0 aromatic heterocycles. The second-order valence-corrected chi connectivity index (χ2v) is 7.01. The lowest BCUT2D eigenvalue weighted by atomic mass is 10.2. The average Bonchev–Trinajstić information content (AvgIpc) is 2.72. The maximum atomic E-state index is 13.8. The van der Waals surface area contributed by atoms with Gasteiger partial charge in [-0.2, -0.15) is 0 Å². The van der Waals surface area contributed by atoms with Gasteiger partial charge in [0.05, 0.1) is 24.3 Å². The number of hydrogen-bond acceptors (Lipinski definition) is 4. The molecule has 3 rings (SSSR count). The quantitative estimate of drug-likeness (QED) is 0.447. The number of ether oxygens (including phenoxy) is 3. The number of methoxy groups -OCH3 is 2. The average molecular weight is 436 g/mol. The summed E-state index contributed by atoms with van der Waals surface area (Å²) in [6, 6.07) is 15.5. The van der Waals surface area contributed by atoms with Gasteiger partial charge in [0.15, 0.2) is 11.5 Å². The lowest BCUT2D eigenvalue weighted by molar-refractivity contribution is 0.280. The SMILES string of the molecule is COc1ccc(NCc2cc(Cl)c(OCc3ccccc3F)c(OC)c2)cc1Cl. The smallest absolute Gasteiger partial charge is 0.180 e. The third kappa shape index (κ3) is 5.25. The Kier molecular flexibility index (Phi) is 7.07. The molecular weight excluding hydrogens is 416 g/mol. The number of hydrogen-bond donors (Lipinski definition) is 1. The molecule has 4 nitrogen and oxygen atoms in total. The Hall–Kier alpha value is -2.63. The van der Waals surface area contributed by atoms with E-state index < -0.39 is 0 Å². The summed E-state index contributed by atoms with van der Waals surface area (Å²) in [6.07, 6.45) is 0. The van der Waals surface area contributed by atoms with Crippen LogP contribution in [-0.2, 0) is 13.2 Å². The molecule has 0 atom stereocenters. The highest BCUT2D eigenvalue weighted by molar-refractivity contribution is 6.32. The van der Waals surface area contributed by atoms with Crippen LogP contribution in [0, 0.1) is 5.82 Å². The van der Waals surface area contributed by atoms with Crippen LogP contribution in [0.1, 0.15) is 11.1 Å². The molecule has 152 valence electrons. The molecule has 0 fully saturated rings. The summed E-state index contributed by atoms with van der Waals surface area (Å²) in [7, 11) is 3.10. The maximum absolute atomic E-state index is 13.8. The minimum atomic E-state index is -0.332. The third-order valence-electron chi connectivity index (χ3n) is 4.27. The molecule has 0 aliphatic heterocycles. The van der Waals surface area contributed by atoms with Crippen LogP contribution < -0.4 is 19.5 Å². The van der Waals surface area contributed by atoms with Gasteiger partial charge >= 0.3 is 0 Å². The van der Waals surface area contributed by atoms with Gasteiger partial charge in [0, 0.05) is 17.8 Å². The molecule has 0 saturated heterocycles. The highest BCUT2D eigenvalue weighted by Gasteiger charge is 2.13. The minimum Gasteiger partial charge on any atom is -0.495 e. The van der Waals surface area contributed by atoms with Crippen molar-refractivity contribution in [1.82, 2.24) is 0 Å². The monoisotopic (exact) mass is 435 g/mol. The Labute approximate surface area is 179 Å². The fraction of sp³-hybridized carbons (Fsp3) is 0.182. The van der Waals surface area contributed by atoms with E-state index in [4.69, 9.17) is 37.4 Å². The van der Waals surface area contributed by atoms with Crippen LogP contribution in [0.25, 0.3) is 0 Å². The lowest BCUT2D eigenvalue weighted by Crippen LogP contribution is -2.03. The third-order valence-corrected chi connectivity index (χ3v) is 4.84. The van der Waals surface area contributed by atoms with Gasteiger partial charge in [-0.1, -0.05) is 41.4 Å². The Morgan fingerprint density at radius 3 is 2.34 bits per heavy atom. The zero-order chi connectivity index (χ0) is 20.8. The van der Waals surface area contributed by atoms with Crippen LogP contribution in [0.15, 0.2) is 54.6 Å². The van der Waals surface area contributed by atoms with Gasteiger partial charge in [0.1, 0.15) is 18.2 Å². The number of nitrogens with one attached hydrogen (secondary N) is 1. The van der Waals surface area contributed by atoms with Gasteiger partial charge < -0.3 is 19.5 Å². The van der Waals surface area contributed by atoms with Gasteiger partial charge in [-0.25, -0.2) is 4.39 Å². The molecule has 0 aliphatic carbocycles. The number of rotatable bonds is 8. The van der Waals surface area contributed by atoms with Crippen molar-refractivity contribution in [3.05, 3.63) is 81.6 Å². The second-order valence-electron chi connectivity index (χ2n) is 6.19. The highest BCUT2D eigenvalue weighted by atomic mass is 35.5. The highest BCUT2D eigenvalue weighted by Crippen LogP contribution is 2.37. The van der Waals surface area contributed by atoms with E-state index in [-0.39, 0.29) is 12.4 Å². The molecule has 0 bridgehead atoms. The van der Waals surface area contributed by atoms with Crippen LogP contribution >= 0.6 is 23.2 Å². The fourth-order valence-electron chi connectivity index (χ4n) is 2.76. The minimum absolute atomic E-state index is 0.0463. The number of benzene rings is 3. The largest absolute Gasteiger partial charge is 0.495 e. The zero-order valence-electron chi connectivity index (χ0n) is 16.0. The van der Waals surface area contributed by atoms with Crippen LogP contribution in [0.4, 0.5) is 10.1 Å². The first-order valence-electron chi connectivity index (χ1n) is 8.82. The van der Waals surface area contributed by atoms with Gasteiger partial charge in [0.2, 0.25) is 0 Å². The van der Waals surface area contributed by atoms with Gasteiger partial charge in [-0.3, -0.25) is 0 Å². The molecule has 0 saturated carbocycles. The molecule has 0 unspecified atom stereocenters. The molecule has 0 amide bonds. The van der Waals surface area contributed by atoms with Crippen molar-refractivity contribution in [2.75, 3.05) is 19.5 Å². The number of anilines is 1. The lowest BCUT2D eigenvalue weighted by Gasteiger charge is -2.15. The summed E-state index contributed by atoms with van der Waals surface area (Å²) < 4.78 is 30.1. The van der Waals surface area contributed by atoms with Crippen molar-refractivity contribution in [1.29, 1.82) is 0 Å². The molecule has 0 aliphatic rings. The molecular formula is C22H20Cl2FNO3. The maximum Gasteiger partial charge on any atom is 0.180 e. The molecule has 3 aromatic carbocycles. The Bertz CT molecular complexity index is 998. The molecule has 3 aromatic rings. The summed E-state index contributed by atoms with van der Waals surface area (Å²) >= 11 is 12.6. The molecule has 1 N–H and O–H groups in total. The number of halogens is 3. The van der Waals surface area contributed by atoms with E-state index in [1.54, 1.807) is 43.5 Å². The molecule has 0 spiro atoms. The zero-order valence-corrected chi connectivity index (χ0v) is 17.5. The predicted molar refractivity (Wildman–Crippen MR) is 114 cm³/mol. The molecule has 7 heteroatoms. The Morgan fingerprint density at radius 1 is 0.897 bits per heavy atom. The van der Waals surface area contributed by atoms with Gasteiger partial charge in [-0.15, -0.1) is 0 Å². The Balaban J connectivity index is 1.72. The van der Waals surface area contributed by atoms with E-state index in [1.807, 2.05) is 12.1 Å². The van der Waals surface area contributed by atoms with E-state index in [1.165, 1.54) is 13.2 Å². The van der Waals surface area contributed by atoms with Crippen molar-refractivity contribution in [3.8, 4) is 17.2 Å². The molecule has 29 heavy (non-hydrogen) atoms. The van der Waals surface area contributed by atoms with Crippen molar-refractivity contribution in [2.45, 2.75) is 13.2 Å². The standard InChI is InChI=1S/C22H20Cl2FNO3/c1-27-20-8-7-16(11-17(20)23)26-12-14-9-18(24)22(21(10-14)28-2)29-13-15-5-3-4-6-19(15)25/h3-11,26H,12-13H2,1-2H3. The van der Waals surface area contributed by atoms with E-state index in [2.05, 4.69) is 5.32 Å². The predicted octanol–water partition coefficient (Wildman–Crippen LogP) is 6.34. The molecule has 0 heterocycles. The first-order chi connectivity index (χ1) is 14.0. The van der Waals surface area contributed by atoms with E-state index in [9.17, 15) is 4.39 Å². The summed E-state index contributed by atoms with van der Waals surface area (Å²) in [5.74, 6) is 1.12. The first kappa shape index (κ1) is 21.1. The van der Waals surface area contributed by atoms with Crippen LogP contribution in [0.2, 0.25) is 10.0 Å². The van der Waals surface area contributed by atoms with E-state index in [0.717, 1.165) is 11.3 Å². The van der Waals surface area contributed by atoms with Crippen LogP contribution in [-0.4, -0.2) is 14.2 Å². The van der Waals surface area contributed by atoms with Crippen LogP contribution in [0.3, 0.4) is 0 Å². The van der Waals surface area contributed by atoms with Crippen molar-refractivity contribution in [2.24, 2.45) is 0 Å². The van der Waals surface area contributed by atoms with Crippen molar-refractivity contribution in [3.63, 3.8) is 0 Å². The Morgan fingerprint density at radius 2 is 1.66 bits per heavy atom. The van der Waals surface area contributed by atoms with Crippen LogP contribution in [0.5, 0.6) is 17.2 Å². The molecule has 0 radical (unpaired) electrons. The van der Waals surface area contributed by atoms with Crippen molar-refractivity contribution >= 4 is 28.9 Å². The van der Waals surface area contributed by atoms with Gasteiger partial charge in [-0.05, 0) is 42.0 Å². The normalized spacial score (nSPS) is 10.5. The van der Waals surface area contributed by atoms with E-state index in [0.29, 0.717) is 39.4 Å². The summed E-state index contributed by atoms with van der Waals surface area (Å²) in [5, 5.41) is 4.17. The van der Waals surface area contributed by atoms with Gasteiger partial charge in [0.25, 0.3) is 0 Å². The first-order valence-corrected chi connectivity index (χ1v) is 9.57. The topological polar surface area (TPSA) is 39.7 Å². The van der Waals surface area contributed by atoms with E-state index >= 15 is 0 Å². The summed E-state index contributed by atoms with van der Waals surface area (Å²) in [4.78, 5) is 0. The fourth-order valence-corrected chi connectivity index (χ4v) is 3.31. The van der Waals surface area contributed by atoms with Crippen molar-refractivity contribution < 1.29 is 18.6 Å². The summed E-state index contributed by atoms with van der Waals surface area (Å²) in [5.41, 5.74) is 2.16. The second kappa shape index (κ2) is 9.72.